The standard InChI is InChI=1S/C17H15BrClN3O4S/c1-8(2)10-6-13-14(21-17(24)16(23)20-13)7-15(10)27(25,26)22-9-3-4-11(18)12(19)5-9/h3-8,22H,1-2H3,(H,20,23)(H,21,24). The van der Waals surface area contributed by atoms with E-state index in [-0.39, 0.29) is 16.3 Å². The molecule has 0 aliphatic carbocycles. The average molecular weight is 473 g/mol. The highest BCUT2D eigenvalue weighted by Crippen LogP contribution is 2.30. The summed E-state index contributed by atoms with van der Waals surface area (Å²) in [5.41, 5.74) is -0.271. The highest BCUT2D eigenvalue weighted by molar-refractivity contribution is 9.10. The third-order valence-corrected chi connectivity index (χ3v) is 6.61. The molecule has 142 valence electrons. The maximum atomic E-state index is 13.0. The first-order chi connectivity index (χ1) is 12.6. The van der Waals surface area contributed by atoms with Crippen molar-refractivity contribution in [2.24, 2.45) is 0 Å². The number of anilines is 1. The molecule has 0 spiro atoms. The fraction of sp³-hybridized carbons (Fsp3) is 0.176. The van der Waals surface area contributed by atoms with Gasteiger partial charge >= 0.3 is 11.1 Å². The number of benzene rings is 2. The van der Waals surface area contributed by atoms with Crippen molar-refractivity contribution >= 4 is 54.3 Å². The van der Waals surface area contributed by atoms with E-state index in [1.165, 1.54) is 12.1 Å². The van der Waals surface area contributed by atoms with Crippen molar-refractivity contribution in [2.45, 2.75) is 24.7 Å². The molecule has 0 bridgehead atoms. The number of aromatic amines is 2. The number of fused-ring (bicyclic) bond motifs is 1. The van der Waals surface area contributed by atoms with Crippen molar-refractivity contribution in [1.82, 2.24) is 9.97 Å². The van der Waals surface area contributed by atoms with Crippen LogP contribution in [0.3, 0.4) is 0 Å². The van der Waals surface area contributed by atoms with Crippen LogP contribution in [0.1, 0.15) is 25.3 Å². The smallest absolute Gasteiger partial charge is 0.314 e. The normalized spacial score (nSPS) is 11.9. The third kappa shape index (κ3) is 3.95. The van der Waals surface area contributed by atoms with Crippen LogP contribution in [0.4, 0.5) is 5.69 Å². The molecule has 0 unspecified atom stereocenters. The molecule has 0 amide bonds. The van der Waals surface area contributed by atoms with E-state index in [2.05, 4.69) is 30.6 Å². The zero-order valence-corrected chi connectivity index (χ0v) is 17.4. The predicted molar refractivity (Wildman–Crippen MR) is 109 cm³/mol. The second-order valence-corrected chi connectivity index (χ2v) is 9.15. The average Bonchev–Trinajstić information content (AvgIpc) is 2.58. The molecule has 0 radical (unpaired) electrons. The lowest BCUT2D eigenvalue weighted by atomic mass is 10.0. The molecule has 3 rings (SSSR count). The molecule has 0 saturated heterocycles. The largest absolute Gasteiger partial charge is 0.316 e. The van der Waals surface area contributed by atoms with Gasteiger partial charge in [0.05, 0.1) is 26.6 Å². The summed E-state index contributed by atoms with van der Waals surface area (Å²) < 4.78 is 29.1. The second kappa shape index (κ2) is 7.14. The van der Waals surface area contributed by atoms with E-state index in [1.807, 2.05) is 13.8 Å². The van der Waals surface area contributed by atoms with Gasteiger partial charge in [-0.05, 0) is 57.7 Å². The molecule has 10 heteroatoms. The number of nitrogens with one attached hydrogen (secondary N) is 3. The van der Waals surface area contributed by atoms with Gasteiger partial charge < -0.3 is 9.97 Å². The van der Waals surface area contributed by atoms with E-state index in [0.717, 1.165) is 0 Å². The molecule has 1 heterocycles. The molecule has 3 aromatic rings. The van der Waals surface area contributed by atoms with E-state index >= 15 is 0 Å². The third-order valence-electron chi connectivity index (χ3n) is 3.94. The number of H-pyrrole nitrogens is 2. The molecule has 27 heavy (non-hydrogen) atoms. The SMILES string of the molecule is CC(C)c1cc2[nH]c(=O)c(=O)[nH]c2cc1S(=O)(=O)Nc1ccc(Br)c(Cl)c1. The van der Waals surface area contributed by atoms with Crippen molar-refractivity contribution in [3.05, 3.63) is 66.1 Å². The van der Waals surface area contributed by atoms with Crippen LogP contribution in [0.15, 0.2) is 49.3 Å². The van der Waals surface area contributed by atoms with Gasteiger partial charge in [0.2, 0.25) is 0 Å². The lowest BCUT2D eigenvalue weighted by Crippen LogP contribution is -2.29. The lowest BCUT2D eigenvalue weighted by molar-refractivity contribution is 0.599. The Morgan fingerprint density at radius 3 is 2.19 bits per heavy atom. The number of sulfonamides is 1. The second-order valence-electron chi connectivity index (χ2n) is 6.23. The van der Waals surface area contributed by atoms with E-state index in [4.69, 9.17) is 11.6 Å². The van der Waals surface area contributed by atoms with Crippen molar-refractivity contribution < 1.29 is 8.42 Å². The summed E-state index contributed by atoms with van der Waals surface area (Å²) in [6.07, 6.45) is 0. The van der Waals surface area contributed by atoms with E-state index < -0.39 is 21.1 Å². The maximum Gasteiger partial charge on any atom is 0.314 e. The Kier molecular flexibility index (Phi) is 5.20. The summed E-state index contributed by atoms with van der Waals surface area (Å²) in [6, 6.07) is 7.58. The first-order valence-electron chi connectivity index (χ1n) is 7.86. The van der Waals surface area contributed by atoms with Gasteiger partial charge in [0.1, 0.15) is 0 Å². The molecular weight excluding hydrogens is 458 g/mol. The van der Waals surface area contributed by atoms with Crippen molar-refractivity contribution in [1.29, 1.82) is 0 Å². The van der Waals surface area contributed by atoms with E-state index in [9.17, 15) is 18.0 Å². The molecule has 0 saturated carbocycles. The zero-order chi connectivity index (χ0) is 19.9. The Morgan fingerprint density at radius 1 is 1.04 bits per heavy atom. The number of hydrogen-bond acceptors (Lipinski definition) is 4. The Balaban J connectivity index is 2.19. The number of rotatable bonds is 4. The summed E-state index contributed by atoms with van der Waals surface area (Å²) in [4.78, 5) is 28.0. The van der Waals surface area contributed by atoms with Crippen molar-refractivity contribution in [3.63, 3.8) is 0 Å². The predicted octanol–water partition coefficient (Wildman–Crippen LogP) is 3.56. The topological polar surface area (TPSA) is 112 Å². The van der Waals surface area contributed by atoms with Gasteiger partial charge in [-0.25, -0.2) is 8.42 Å². The van der Waals surface area contributed by atoms with Crippen molar-refractivity contribution in [2.75, 3.05) is 4.72 Å². The van der Waals surface area contributed by atoms with Crippen LogP contribution in [0.25, 0.3) is 11.0 Å². The van der Waals surface area contributed by atoms with Gasteiger partial charge in [-0.3, -0.25) is 14.3 Å². The molecule has 1 aromatic heterocycles. The molecule has 0 atom stereocenters. The molecule has 0 fully saturated rings. The van der Waals surface area contributed by atoms with Gasteiger partial charge in [0, 0.05) is 4.47 Å². The Bertz CT molecular complexity index is 1270. The summed E-state index contributed by atoms with van der Waals surface area (Å²) >= 11 is 9.28. The first kappa shape index (κ1) is 19.7. The van der Waals surface area contributed by atoms with E-state index in [0.29, 0.717) is 26.3 Å². The van der Waals surface area contributed by atoms with Crippen LogP contribution in [-0.4, -0.2) is 18.4 Å². The van der Waals surface area contributed by atoms with Crippen LogP contribution in [0.2, 0.25) is 5.02 Å². The Hall–Kier alpha value is -2.10. The van der Waals surface area contributed by atoms with E-state index in [1.54, 1.807) is 18.2 Å². The highest BCUT2D eigenvalue weighted by Gasteiger charge is 2.22. The minimum atomic E-state index is -3.97. The molecule has 0 aliphatic rings. The van der Waals surface area contributed by atoms with Gasteiger partial charge in [-0.2, -0.15) is 0 Å². The minimum absolute atomic E-state index is 0.00624. The monoisotopic (exact) mass is 471 g/mol. The van der Waals surface area contributed by atoms with Gasteiger partial charge in [-0.15, -0.1) is 0 Å². The van der Waals surface area contributed by atoms with Gasteiger partial charge in [0.25, 0.3) is 10.0 Å². The number of halogens is 2. The van der Waals surface area contributed by atoms with Crippen LogP contribution in [0.5, 0.6) is 0 Å². The number of hydrogen-bond donors (Lipinski definition) is 3. The molecule has 2 aromatic carbocycles. The number of aromatic nitrogens is 2. The van der Waals surface area contributed by atoms with Crippen LogP contribution in [0, 0.1) is 0 Å². The highest BCUT2D eigenvalue weighted by atomic mass is 79.9. The summed E-state index contributed by atoms with van der Waals surface area (Å²) in [5, 5.41) is 0.361. The molecule has 0 aliphatic heterocycles. The summed E-state index contributed by atoms with van der Waals surface area (Å²) in [7, 11) is -3.97. The fourth-order valence-corrected chi connectivity index (χ4v) is 4.47. The molecule has 7 nitrogen and oxygen atoms in total. The lowest BCUT2D eigenvalue weighted by Gasteiger charge is -2.16. The minimum Gasteiger partial charge on any atom is -0.316 e. The molecule has 3 N–H and O–H groups in total. The summed E-state index contributed by atoms with van der Waals surface area (Å²) in [6.45, 7) is 3.67. The summed E-state index contributed by atoms with van der Waals surface area (Å²) in [5.74, 6) is -0.148. The quantitative estimate of drug-likeness (QED) is 0.504. The van der Waals surface area contributed by atoms with Crippen molar-refractivity contribution in [3.8, 4) is 0 Å². The van der Waals surface area contributed by atoms with Crippen LogP contribution < -0.4 is 15.8 Å². The van der Waals surface area contributed by atoms with Gasteiger partial charge in [-0.1, -0.05) is 25.4 Å². The first-order valence-corrected chi connectivity index (χ1v) is 10.5. The van der Waals surface area contributed by atoms with Gasteiger partial charge in [0.15, 0.2) is 0 Å². The molecular formula is C17H15BrClN3O4S. The van der Waals surface area contributed by atoms with Crippen LogP contribution in [-0.2, 0) is 10.0 Å². The fourth-order valence-electron chi connectivity index (χ4n) is 2.62. The zero-order valence-electron chi connectivity index (χ0n) is 14.3. The van der Waals surface area contributed by atoms with Crippen LogP contribution >= 0.6 is 27.5 Å². The Morgan fingerprint density at radius 2 is 1.63 bits per heavy atom. The maximum absolute atomic E-state index is 13.0. The Labute approximate surface area is 168 Å².